The Labute approximate surface area is 120 Å². The Balaban J connectivity index is 2.74. The molecular formula is C16H26F2N2. The molecule has 3 N–H and O–H groups in total. The number of halogens is 2. The zero-order chi connectivity index (χ0) is 15.3. The lowest BCUT2D eigenvalue weighted by Gasteiger charge is -2.28. The summed E-state index contributed by atoms with van der Waals surface area (Å²) in [6.45, 7) is 9.95. The fraction of sp³-hybridized carbons (Fsp3) is 0.625. The highest BCUT2D eigenvalue weighted by Crippen LogP contribution is 2.21. The van der Waals surface area contributed by atoms with E-state index < -0.39 is 11.6 Å². The minimum absolute atomic E-state index is 0.148. The van der Waals surface area contributed by atoms with Crippen LogP contribution in [-0.4, -0.2) is 13.1 Å². The van der Waals surface area contributed by atoms with Crippen molar-refractivity contribution in [1.82, 2.24) is 5.32 Å². The predicted octanol–water partition coefficient (Wildman–Crippen LogP) is 3.48. The molecule has 1 aromatic rings. The van der Waals surface area contributed by atoms with Gasteiger partial charge in [0.25, 0.3) is 0 Å². The van der Waals surface area contributed by atoms with Crippen LogP contribution in [0.4, 0.5) is 8.78 Å². The Morgan fingerprint density at radius 3 is 2.10 bits per heavy atom. The topological polar surface area (TPSA) is 38.0 Å². The maximum absolute atomic E-state index is 13.3. The molecule has 0 amide bonds. The highest BCUT2D eigenvalue weighted by Gasteiger charge is 2.19. The van der Waals surface area contributed by atoms with Crippen LogP contribution in [0.15, 0.2) is 18.2 Å². The van der Waals surface area contributed by atoms with Crippen molar-refractivity contribution in [2.45, 2.75) is 33.7 Å². The summed E-state index contributed by atoms with van der Waals surface area (Å²) in [4.78, 5) is 0. The molecule has 2 nitrogen and oxygen atoms in total. The van der Waals surface area contributed by atoms with Gasteiger partial charge in [-0.3, -0.25) is 0 Å². The maximum Gasteiger partial charge on any atom is 0.159 e. The molecule has 0 bridgehead atoms. The summed E-state index contributed by atoms with van der Waals surface area (Å²) in [6.07, 6.45) is 0. The molecule has 0 aliphatic heterocycles. The van der Waals surface area contributed by atoms with Crippen molar-refractivity contribution >= 4 is 0 Å². The van der Waals surface area contributed by atoms with Crippen molar-refractivity contribution < 1.29 is 8.78 Å². The quantitative estimate of drug-likeness (QED) is 0.804. The average molecular weight is 284 g/mol. The van der Waals surface area contributed by atoms with Crippen LogP contribution < -0.4 is 11.1 Å². The number of hydrogen-bond acceptors (Lipinski definition) is 2. The SMILES string of the molecule is CC(C)C(CNC(CN)c1ccc(F)c(F)c1)C(C)C. The van der Waals surface area contributed by atoms with E-state index in [2.05, 4.69) is 33.0 Å². The number of nitrogens with two attached hydrogens (primary N) is 1. The molecule has 20 heavy (non-hydrogen) atoms. The fourth-order valence-electron chi connectivity index (χ4n) is 2.59. The molecule has 0 fully saturated rings. The van der Waals surface area contributed by atoms with E-state index in [9.17, 15) is 8.78 Å². The van der Waals surface area contributed by atoms with E-state index in [1.165, 1.54) is 6.07 Å². The van der Waals surface area contributed by atoms with Crippen molar-refractivity contribution in [1.29, 1.82) is 0 Å². The molecule has 4 heteroatoms. The van der Waals surface area contributed by atoms with Gasteiger partial charge in [0.15, 0.2) is 11.6 Å². The second kappa shape index (κ2) is 7.70. The van der Waals surface area contributed by atoms with Crippen LogP contribution in [0.5, 0.6) is 0 Å². The predicted molar refractivity (Wildman–Crippen MR) is 79.3 cm³/mol. The summed E-state index contributed by atoms with van der Waals surface area (Å²) < 4.78 is 26.3. The molecular weight excluding hydrogens is 258 g/mol. The Bertz CT molecular complexity index is 411. The summed E-state index contributed by atoms with van der Waals surface area (Å²) in [5, 5.41) is 3.38. The number of rotatable bonds is 7. The summed E-state index contributed by atoms with van der Waals surface area (Å²) in [6, 6.07) is 3.81. The van der Waals surface area contributed by atoms with Crippen LogP contribution in [0.25, 0.3) is 0 Å². The largest absolute Gasteiger partial charge is 0.329 e. The Morgan fingerprint density at radius 2 is 1.65 bits per heavy atom. The van der Waals surface area contributed by atoms with E-state index in [1.807, 2.05) is 0 Å². The minimum Gasteiger partial charge on any atom is -0.329 e. The van der Waals surface area contributed by atoms with Crippen LogP contribution in [0, 0.1) is 29.4 Å². The lowest BCUT2D eigenvalue weighted by molar-refractivity contribution is 0.266. The van der Waals surface area contributed by atoms with Gasteiger partial charge in [-0.25, -0.2) is 8.78 Å². The molecule has 1 atom stereocenters. The molecule has 0 saturated heterocycles. The lowest BCUT2D eigenvalue weighted by atomic mass is 9.85. The van der Waals surface area contributed by atoms with E-state index in [4.69, 9.17) is 5.73 Å². The van der Waals surface area contributed by atoms with Crippen molar-refractivity contribution in [2.24, 2.45) is 23.5 Å². The van der Waals surface area contributed by atoms with Crippen LogP contribution in [0.1, 0.15) is 39.3 Å². The Hall–Kier alpha value is -1.00. The van der Waals surface area contributed by atoms with Gasteiger partial charge in [-0.1, -0.05) is 33.8 Å². The maximum atomic E-state index is 13.3. The van der Waals surface area contributed by atoms with Gasteiger partial charge in [0, 0.05) is 12.6 Å². The molecule has 1 aromatic carbocycles. The Kier molecular flexibility index (Phi) is 6.56. The molecule has 0 aliphatic carbocycles. The summed E-state index contributed by atoms with van der Waals surface area (Å²) >= 11 is 0. The number of nitrogens with one attached hydrogen (secondary N) is 1. The first kappa shape index (κ1) is 17.1. The van der Waals surface area contributed by atoms with Gasteiger partial charge in [0.05, 0.1) is 0 Å². The molecule has 0 spiro atoms. The first-order chi connectivity index (χ1) is 9.36. The fourth-order valence-corrected chi connectivity index (χ4v) is 2.59. The molecule has 0 heterocycles. The second-order valence-corrected chi connectivity index (χ2v) is 6.02. The molecule has 0 aliphatic rings. The van der Waals surface area contributed by atoms with Crippen LogP contribution in [-0.2, 0) is 0 Å². The van der Waals surface area contributed by atoms with Crippen LogP contribution in [0.2, 0.25) is 0 Å². The van der Waals surface area contributed by atoms with Gasteiger partial charge in [-0.05, 0) is 42.0 Å². The standard InChI is InChI=1S/C16H26F2N2/c1-10(2)13(11(3)4)9-20-16(8-19)12-5-6-14(17)15(18)7-12/h5-7,10-11,13,16,20H,8-9,19H2,1-4H3. The summed E-state index contributed by atoms with van der Waals surface area (Å²) in [7, 11) is 0. The van der Waals surface area contributed by atoms with Gasteiger partial charge >= 0.3 is 0 Å². The van der Waals surface area contributed by atoms with Crippen molar-refractivity contribution in [3.63, 3.8) is 0 Å². The van der Waals surface area contributed by atoms with Gasteiger partial charge in [-0.15, -0.1) is 0 Å². The molecule has 0 aromatic heterocycles. The average Bonchev–Trinajstić information content (AvgIpc) is 2.37. The van der Waals surface area contributed by atoms with Crippen molar-refractivity contribution in [3.8, 4) is 0 Å². The van der Waals surface area contributed by atoms with Crippen LogP contribution in [0.3, 0.4) is 0 Å². The lowest BCUT2D eigenvalue weighted by Crippen LogP contribution is -2.35. The smallest absolute Gasteiger partial charge is 0.159 e. The first-order valence-electron chi connectivity index (χ1n) is 7.25. The first-order valence-corrected chi connectivity index (χ1v) is 7.25. The third kappa shape index (κ3) is 4.53. The molecule has 114 valence electrons. The molecule has 1 rings (SSSR count). The third-order valence-corrected chi connectivity index (χ3v) is 3.89. The second-order valence-electron chi connectivity index (χ2n) is 6.02. The highest BCUT2D eigenvalue weighted by atomic mass is 19.2. The van der Waals surface area contributed by atoms with Crippen LogP contribution >= 0.6 is 0 Å². The summed E-state index contributed by atoms with van der Waals surface area (Å²) in [5.74, 6) is -0.00937. The van der Waals surface area contributed by atoms with E-state index in [0.717, 1.165) is 12.6 Å². The summed E-state index contributed by atoms with van der Waals surface area (Å²) in [5.41, 5.74) is 6.44. The van der Waals surface area contributed by atoms with E-state index in [0.29, 0.717) is 29.9 Å². The normalized spacial score (nSPS) is 13.5. The van der Waals surface area contributed by atoms with Gasteiger partial charge in [0.1, 0.15) is 0 Å². The van der Waals surface area contributed by atoms with E-state index in [-0.39, 0.29) is 6.04 Å². The van der Waals surface area contributed by atoms with E-state index >= 15 is 0 Å². The van der Waals surface area contributed by atoms with Crippen molar-refractivity contribution in [2.75, 3.05) is 13.1 Å². The Morgan fingerprint density at radius 1 is 1.05 bits per heavy atom. The van der Waals surface area contributed by atoms with Gasteiger partial charge in [0.2, 0.25) is 0 Å². The third-order valence-electron chi connectivity index (χ3n) is 3.89. The van der Waals surface area contributed by atoms with Gasteiger partial charge < -0.3 is 11.1 Å². The highest BCUT2D eigenvalue weighted by molar-refractivity contribution is 5.21. The molecule has 0 radical (unpaired) electrons. The minimum atomic E-state index is -0.827. The number of benzene rings is 1. The molecule has 0 saturated carbocycles. The van der Waals surface area contributed by atoms with Gasteiger partial charge in [-0.2, -0.15) is 0 Å². The van der Waals surface area contributed by atoms with Crippen molar-refractivity contribution in [3.05, 3.63) is 35.4 Å². The molecule has 1 unspecified atom stereocenters. The zero-order valence-electron chi connectivity index (χ0n) is 12.8. The number of hydrogen-bond donors (Lipinski definition) is 2. The van der Waals surface area contributed by atoms with E-state index in [1.54, 1.807) is 6.07 Å². The monoisotopic (exact) mass is 284 g/mol. The zero-order valence-corrected chi connectivity index (χ0v) is 12.8.